The molecule has 0 bridgehead atoms. The Morgan fingerprint density at radius 3 is 2.64 bits per heavy atom. The van der Waals surface area contributed by atoms with Crippen LogP contribution in [0, 0.1) is 6.92 Å². The number of fused-ring (bicyclic) bond motifs is 1. The zero-order chi connectivity index (χ0) is 23.4. The highest BCUT2D eigenvalue weighted by molar-refractivity contribution is 5.91. The number of benzene rings is 2. The zero-order valence-electron chi connectivity index (χ0n) is 19.0. The van der Waals surface area contributed by atoms with E-state index in [1.807, 2.05) is 49.4 Å². The largest absolute Gasteiger partial charge is 0.497 e. The third-order valence-corrected chi connectivity index (χ3v) is 5.59. The third-order valence-electron chi connectivity index (χ3n) is 5.59. The predicted octanol–water partition coefficient (Wildman–Crippen LogP) is 3.86. The summed E-state index contributed by atoms with van der Waals surface area (Å²) in [5, 5.41) is 7.39. The lowest BCUT2D eigenvalue weighted by Crippen LogP contribution is -2.29. The van der Waals surface area contributed by atoms with Crippen molar-refractivity contribution in [2.24, 2.45) is 0 Å². The van der Waals surface area contributed by atoms with Gasteiger partial charge in [-0.25, -0.2) is 0 Å². The van der Waals surface area contributed by atoms with Gasteiger partial charge in [0, 0.05) is 28.6 Å². The number of ether oxygens (including phenoxy) is 1. The molecule has 8 nitrogen and oxygen atoms in total. The quantitative estimate of drug-likeness (QED) is 0.445. The Bertz CT molecular complexity index is 1340. The van der Waals surface area contributed by atoms with Crippen LogP contribution in [0.3, 0.4) is 0 Å². The van der Waals surface area contributed by atoms with Crippen molar-refractivity contribution in [3.63, 3.8) is 0 Å². The van der Waals surface area contributed by atoms with Crippen LogP contribution in [-0.2, 0) is 17.8 Å². The number of rotatable bonds is 8. The Balaban J connectivity index is 1.76. The Morgan fingerprint density at radius 2 is 1.91 bits per heavy atom. The fourth-order valence-corrected chi connectivity index (χ4v) is 3.80. The Labute approximate surface area is 191 Å². The number of methoxy groups -OCH3 is 1. The van der Waals surface area contributed by atoms with Gasteiger partial charge < -0.3 is 14.6 Å². The summed E-state index contributed by atoms with van der Waals surface area (Å²) >= 11 is 0. The Morgan fingerprint density at radius 1 is 1.12 bits per heavy atom. The molecular formula is C25H27N5O3. The first-order chi connectivity index (χ1) is 16.0. The van der Waals surface area contributed by atoms with Crippen molar-refractivity contribution in [1.29, 1.82) is 0 Å². The number of carbonyl (C=O) groups excluding carboxylic acids is 1. The van der Waals surface area contributed by atoms with Gasteiger partial charge in [0.1, 0.15) is 12.3 Å². The number of carbonyl (C=O) groups is 1. The zero-order valence-corrected chi connectivity index (χ0v) is 19.0. The van der Waals surface area contributed by atoms with E-state index in [0.29, 0.717) is 35.0 Å². The molecule has 0 aliphatic carbocycles. The Hall–Kier alpha value is -3.94. The summed E-state index contributed by atoms with van der Waals surface area (Å²) in [4.78, 5) is 30.8. The van der Waals surface area contributed by atoms with Crippen molar-refractivity contribution in [2.45, 2.75) is 39.7 Å². The lowest BCUT2D eigenvalue weighted by Gasteiger charge is -2.15. The van der Waals surface area contributed by atoms with Crippen LogP contribution in [0.5, 0.6) is 5.75 Å². The SMILES string of the molecule is CCCCc1c(C)n(CC(=O)Nc2cccc(OC)c2)c2nc(-c3ccccc3)nn2c1=O. The molecule has 0 unspecified atom stereocenters. The highest BCUT2D eigenvalue weighted by atomic mass is 16.5. The van der Waals surface area contributed by atoms with Gasteiger partial charge in [-0.2, -0.15) is 9.50 Å². The second-order valence-corrected chi connectivity index (χ2v) is 7.85. The van der Waals surface area contributed by atoms with Crippen molar-refractivity contribution >= 4 is 17.4 Å². The molecule has 0 aliphatic rings. The normalized spacial score (nSPS) is 11.0. The molecule has 170 valence electrons. The van der Waals surface area contributed by atoms with Gasteiger partial charge in [-0.05, 0) is 31.9 Å². The van der Waals surface area contributed by atoms with Gasteiger partial charge in [-0.1, -0.05) is 49.7 Å². The van der Waals surface area contributed by atoms with Crippen molar-refractivity contribution in [3.05, 3.63) is 76.2 Å². The minimum absolute atomic E-state index is 0.00112. The first-order valence-corrected chi connectivity index (χ1v) is 11.0. The molecule has 2 aromatic carbocycles. The maximum Gasteiger partial charge on any atom is 0.279 e. The molecule has 2 aromatic heterocycles. The number of anilines is 1. The van der Waals surface area contributed by atoms with Crippen molar-refractivity contribution in [2.75, 3.05) is 12.4 Å². The van der Waals surface area contributed by atoms with Crippen LogP contribution in [-0.4, -0.2) is 32.2 Å². The highest BCUT2D eigenvalue weighted by Crippen LogP contribution is 2.19. The van der Waals surface area contributed by atoms with Crippen molar-refractivity contribution < 1.29 is 9.53 Å². The maximum atomic E-state index is 13.2. The van der Waals surface area contributed by atoms with Crippen molar-refractivity contribution in [1.82, 2.24) is 19.2 Å². The second kappa shape index (κ2) is 9.68. The van der Waals surface area contributed by atoms with Gasteiger partial charge >= 0.3 is 0 Å². The summed E-state index contributed by atoms with van der Waals surface area (Å²) in [5.74, 6) is 1.21. The molecule has 0 saturated heterocycles. The molecule has 0 spiro atoms. The maximum absolute atomic E-state index is 13.2. The first-order valence-electron chi connectivity index (χ1n) is 11.0. The average Bonchev–Trinajstić information content (AvgIpc) is 3.28. The second-order valence-electron chi connectivity index (χ2n) is 7.85. The molecule has 0 aliphatic heterocycles. The monoisotopic (exact) mass is 445 g/mol. The van der Waals surface area contributed by atoms with Gasteiger partial charge in [-0.3, -0.25) is 9.59 Å². The van der Waals surface area contributed by atoms with Gasteiger partial charge in [0.25, 0.3) is 5.56 Å². The molecule has 8 heteroatoms. The molecule has 33 heavy (non-hydrogen) atoms. The minimum atomic E-state index is -0.234. The van der Waals surface area contributed by atoms with E-state index in [1.54, 1.807) is 23.8 Å². The molecule has 2 heterocycles. The van der Waals surface area contributed by atoms with E-state index in [4.69, 9.17) is 4.74 Å². The number of amides is 1. The number of hydrogen-bond donors (Lipinski definition) is 1. The smallest absolute Gasteiger partial charge is 0.279 e. The third kappa shape index (κ3) is 4.64. The van der Waals surface area contributed by atoms with E-state index in [2.05, 4.69) is 22.3 Å². The summed E-state index contributed by atoms with van der Waals surface area (Å²) in [7, 11) is 1.58. The van der Waals surface area contributed by atoms with E-state index in [-0.39, 0.29) is 18.0 Å². The lowest BCUT2D eigenvalue weighted by molar-refractivity contribution is -0.116. The summed E-state index contributed by atoms with van der Waals surface area (Å²) in [5.41, 5.74) is 2.64. The minimum Gasteiger partial charge on any atom is -0.497 e. The molecule has 4 rings (SSSR count). The summed E-state index contributed by atoms with van der Waals surface area (Å²) in [6, 6.07) is 16.7. The van der Waals surface area contributed by atoms with Crippen LogP contribution in [0.2, 0.25) is 0 Å². The number of hydrogen-bond acceptors (Lipinski definition) is 5. The number of nitrogens with zero attached hydrogens (tertiary/aromatic N) is 4. The van der Waals surface area contributed by atoms with E-state index in [0.717, 1.165) is 24.1 Å². The predicted molar refractivity (Wildman–Crippen MR) is 128 cm³/mol. The van der Waals surface area contributed by atoms with E-state index >= 15 is 0 Å². The van der Waals surface area contributed by atoms with Crippen LogP contribution in [0.15, 0.2) is 59.4 Å². The van der Waals surface area contributed by atoms with Crippen LogP contribution in [0.25, 0.3) is 17.2 Å². The van der Waals surface area contributed by atoms with E-state index in [1.165, 1.54) is 4.52 Å². The standard InChI is InChI=1S/C25H27N5O3/c1-4-5-14-21-17(2)29(16-22(31)26-19-12-9-13-20(15-19)33-3)25-27-23(28-30(25)24(21)32)18-10-7-6-8-11-18/h6-13,15H,4-5,14,16H2,1-3H3,(H,26,31). The van der Waals surface area contributed by atoms with Crippen LogP contribution < -0.4 is 15.6 Å². The molecule has 1 N–H and O–H groups in total. The molecular weight excluding hydrogens is 418 g/mol. The topological polar surface area (TPSA) is 90.5 Å². The van der Waals surface area contributed by atoms with Gasteiger partial charge in [0.05, 0.1) is 7.11 Å². The number of aromatic nitrogens is 4. The molecule has 0 saturated carbocycles. The van der Waals surface area contributed by atoms with Gasteiger partial charge in [0.2, 0.25) is 11.7 Å². The highest BCUT2D eigenvalue weighted by Gasteiger charge is 2.20. The van der Waals surface area contributed by atoms with Gasteiger partial charge in [-0.15, -0.1) is 5.10 Å². The average molecular weight is 446 g/mol. The fraction of sp³-hybridized carbons (Fsp3) is 0.280. The fourth-order valence-electron chi connectivity index (χ4n) is 3.80. The molecule has 4 aromatic rings. The van der Waals surface area contributed by atoms with Crippen LogP contribution in [0.4, 0.5) is 5.69 Å². The molecule has 0 fully saturated rings. The van der Waals surface area contributed by atoms with Crippen LogP contribution in [0.1, 0.15) is 31.0 Å². The van der Waals surface area contributed by atoms with Crippen LogP contribution >= 0.6 is 0 Å². The molecule has 0 radical (unpaired) electrons. The first kappa shape index (κ1) is 22.3. The summed E-state index contributed by atoms with van der Waals surface area (Å²) in [6.45, 7) is 3.94. The number of nitrogens with one attached hydrogen (secondary N) is 1. The molecule has 1 amide bonds. The Kier molecular flexibility index (Phi) is 6.53. The van der Waals surface area contributed by atoms with E-state index in [9.17, 15) is 9.59 Å². The summed E-state index contributed by atoms with van der Waals surface area (Å²) in [6.07, 6.45) is 2.45. The van der Waals surface area contributed by atoms with Crippen molar-refractivity contribution in [3.8, 4) is 17.1 Å². The lowest BCUT2D eigenvalue weighted by atomic mass is 10.1. The van der Waals surface area contributed by atoms with E-state index < -0.39 is 0 Å². The van der Waals surface area contributed by atoms with Gasteiger partial charge in [0.15, 0.2) is 5.82 Å². The molecule has 0 atom stereocenters. The number of unbranched alkanes of at least 4 members (excludes halogenated alkanes) is 1. The summed E-state index contributed by atoms with van der Waals surface area (Å²) < 4.78 is 8.31.